The smallest absolute Gasteiger partial charge is 0.209 e. The molecular weight excluding hydrogens is 547 g/mol. The van der Waals surface area contributed by atoms with Crippen LogP contribution in [0.4, 0.5) is 5.82 Å². The second-order valence-corrected chi connectivity index (χ2v) is 12.8. The number of fused-ring (bicyclic) bond motifs is 1. The maximum absolute atomic E-state index is 11.2. The Hall–Kier alpha value is -2.49. The lowest BCUT2D eigenvalue weighted by Gasteiger charge is -2.47. The molecule has 13 heteroatoms. The van der Waals surface area contributed by atoms with E-state index in [1.54, 1.807) is 23.0 Å². The van der Waals surface area contributed by atoms with E-state index in [0.717, 1.165) is 50.5 Å². The van der Waals surface area contributed by atoms with Crippen LogP contribution in [0.25, 0.3) is 11.2 Å². The highest BCUT2D eigenvalue weighted by molar-refractivity contribution is 7.89. The highest BCUT2D eigenvalue weighted by Gasteiger charge is 2.36. The number of rotatable bonds is 8. The predicted molar refractivity (Wildman–Crippen MR) is 148 cm³/mol. The third kappa shape index (κ3) is 5.75. The van der Waals surface area contributed by atoms with Gasteiger partial charge in [-0.2, -0.15) is 10.4 Å². The first-order valence-electron chi connectivity index (χ1n) is 12.7. The molecule has 0 spiro atoms. The van der Waals surface area contributed by atoms with Crippen molar-refractivity contribution in [3.05, 3.63) is 45.7 Å². The van der Waals surface area contributed by atoms with Crippen molar-refractivity contribution < 1.29 is 8.42 Å². The second kappa shape index (κ2) is 10.9. The summed E-state index contributed by atoms with van der Waals surface area (Å²) in [5.74, 6) is 1.89. The minimum absolute atomic E-state index is 0.0272. The van der Waals surface area contributed by atoms with Gasteiger partial charge in [0.15, 0.2) is 11.3 Å². The zero-order valence-electron chi connectivity index (χ0n) is 21.1. The van der Waals surface area contributed by atoms with Crippen LogP contribution in [0.2, 0.25) is 10.0 Å². The summed E-state index contributed by atoms with van der Waals surface area (Å²) >= 11 is 12.5. The molecule has 1 aromatic carbocycles. The van der Waals surface area contributed by atoms with Gasteiger partial charge in [-0.25, -0.2) is 28.2 Å². The number of nitrogens with two attached hydrogens (primary N) is 1. The van der Waals surface area contributed by atoms with Crippen LogP contribution in [0.15, 0.2) is 24.4 Å². The molecule has 10 nitrogen and oxygen atoms in total. The molecule has 2 aromatic heterocycles. The van der Waals surface area contributed by atoms with Crippen LogP contribution in [0.1, 0.15) is 43.5 Å². The lowest BCUT2D eigenvalue weighted by Crippen LogP contribution is -2.54. The van der Waals surface area contributed by atoms with Crippen molar-refractivity contribution in [2.24, 2.45) is 17.0 Å². The number of sulfonamides is 1. The molecule has 2 fully saturated rings. The maximum Gasteiger partial charge on any atom is 0.209 e. The van der Waals surface area contributed by atoms with Crippen LogP contribution in [-0.4, -0.2) is 71.5 Å². The van der Waals surface area contributed by atoms with Crippen molar-refractivity contribution in [1.82, 2.24) is 24.6 Å². The molecule has 0 bridgehead atoms. The van der Waals surface area contributed by atoms with Crippen LogP contribution < -0.4 is 10.0 Å². The Kier molecular flexibility index (Phi) is 7.80. The van der Waals surface area contributed by atoms with Crippen molar-refractivity contribution >= 4 is 50.2 Å². The molecule has 3 aromatic rings. The molecule has 202 valence electrons. The number of hydrogen-bond acceptors (Lipinski definition) is 8. The highest BCUT2D eigenvalue weighted by atomic mass is 35.5. The Balaban J connectivity index is 1.29. The highest BCUT2D eigenvalue weighted by Crippen LogP contribution is 2.35. The van der Waals surface area contributed by atoms with Gasteiger partial charge < -0.3 is 9.80 Å². The van der Waals surface area contributed by atoms with Gasteiger partial charge >= 0.3 is 0 Å². The topological polar surface area (TPSA) is 134 Å². The number of likely N-dealkylation sites (tertiary alicyclic amines) is 1. The van der Waals surface area contributed by atoms with Gasteiger partial charge in [0.2, 0.25) is 10.0 Å². The lowest BCUT2D eigenvalue weighted by atomic mass is 9.80. The Labute approximate surface area is 232 Å². The van der Waals surface area contributed by atoms with E-state index in [1.165, 1.54) is 6.42 Å². The fourth-order valence-electron chi connectivity index (χ4n) is 5.54. The minimum Gasteiger partial charge on any atom is -0.355 e. The summed E-state index contributed by atoms with van der Waals surface area (Å²) in [7, 11) is -3.41. The Morgan fingerprint density at radius 1 is 1.24 bits per heavy atom. The van der Waals surface area contributed by atoms with Crippen LogP contribution in [0.3, 0.4) is 0 Å². The average molecular weight is 578 g/mol. The molecule has 2 N–H and O–H groups in total. The van der Waals surface area contributed by atoms with Gasteiger partial charge in [0, 0.05) is 29.7 Å². The Morgan fingerprint density at radius 2 is 2.03 bits per heavy atom. The molecule has 2 aliphatic rings. The lowest BCUT2D eigenvalue weighted by molar-refractivity contribution is 0.120. The van der Waals surface area contributed by atoms with Crippen LogP contribution in [0.5, 0.6) is 0 Å². The summed E-state index contributed by atoms with van der Waals surface area (Å²) in [6.07, 6.45) is 4.57. The molecule has 2 atom stereocenters. The molecule has 4 heterocycles. The number of nitrogens with zero attached hydrogens (tertiary/aromatic N) is 7. The van der Waals surface area contributed by atoms with Gasteiger partial charge in [-0.15, -0.1) is 0 Å². The van der Waals surface area contributed by atoms with Crippen LogP contribution in [0, 0.1) is 23.2 Å². The van der Waals surface area contributed by atoms with E-state index in [9.17, 15) is 13.7 Å². The van der Waals surface area contributed by atoms with E-state index in [2.05, 4.69) is 26.0 Å². The second-order valence-electron chi connectivity index (χ2n) is 10.2. The van der Waals surface area contributed by atoms with E-state index in [1.807, 2.05) is 13.0 Å². The number of primary sulfonamides is 1. The summed E-state index contributed by atoms with van der Waals surface area (Å²) in [6.45, 7) is 6.45. The van der Waals surface area contributed by atoms with Crippen molar-refractivity contribution in [2.45, 2.75) is 32.2 Å². The van der Waals surface area contributed by atoms with Gasteiger partial charge in [0.25, 0.3) is 0 Å². The SMILES string of the molecule is CC(c1ccc(Cl)cc1Cl)n1nc(C#N)c2ncc(N3CC([C@@H]4CCCN(CCCS(N)(=O)=O)C4)C3)nc21. The van der Waals surface area contributed by atoms with Crippen LogP contribution in [-0.2, 0) is 10.0 Å². The van der Waals surface area contributed by atoms with Gasteiger partial charge in [-0.1, -0.05) is 29.3 Å². The number of aromatic nitrogens is 4. The Bertz CT molecular complexity index is 1480. The van der Waals surface area contributed by atoms with Gasteiger partial charge in [0.05, 0.1) is 18.0 Å². The molecule has 2 saturated heterocycles. The standard InChI is InChI=1S/C25H30Cl2N8O2S/c1-16(20-6-5-19(26)10-21(20)27)35-25-24(22(11-28)32-35)30-12-23(31-25)34-14-18(15-34)17-4-2-7-33(13-17)8-3-9-38(29,36)37/h5-6,10,12,16-18H,2-4,7-9,13-15H2,1H3,(H2,29,36,37)/t16?,17-/m1/s1. The minimum atomic E-state index is -3.41. The number of nitriles is 1. The van der Waals surface area contributed by atoms with E-state index >= 15 is 0 Å². The number of anilines is 1. The first-order chi connectivity index (χ1) is 18.1. The molecule has 0 radical (unpaired) electrons. The molecule has 2 aliphatic heterocycles. The third-order valence-corrected chi connectivity index (χ3v) is 9.04. The molecule has 38 heavy (non-hydrogen) atoms. The molecule has 0 aliphatic carbocycles. The van der Waals surface area contributed by atoms with Crippen molar-refractivity contribution in [1.29, 1.82) is 5.26 Å². The van der Waals surface area contributed by atoms with Gasteiger partial charge in [0.1, 0.15) is 17.4 Å². The van der Waals surface area contributed by atoms with Crippen molar-refractivity contribution in [3.63, 3.8) is 0 Å². The van der Waals surface area contributed by atoms with Crippen molar-refractivity contribution in [2.75, 3.05) is 43.4 Å². The van der Waals surface area contributed by atoms with E-state index in [-0.39, 0.29) is 17.5 Å². The van der Waals surface area contributed by atoms with Crippen LogP contribution >= 0.6 is 23.2 Å². The molecule has 1 unspecified atom stereocenters. The largest absolute Gasteiger partial charge is 0.355 e. The number of piperidine rings is 1. The number of halogens is 2. The van der Waals surface area contributed by atoms with Gasteiger partial charge in [-0.05, 0) is 68.8 Å². The van der Waals surface area contributed by atoms with E-state index in [4.69, 9.17) is 33.3 Å². The normalized spacial score (nSPS) is 19.9. The third-order valence-electron chi connectivity index (χ3n) is 7.62. The van der Waals surface area contributed by atoms with Crippen molar-refractivity contribution in [3.8, 4) is 6.07 Å². The summed E-state index contributed by atoms with van der Waals surface area (Å²) < 4.78 is 24.2. The number of hydrogen-bond donors (Lipinski definition) is 1. The fourth-order valence-corrected chi connectivity index (χ4v) is 6.63. The Morgan fingerprint density at radius 3 is 2.74 bits per heavy atom. The molecule has 0 amide bonds. The number of benzene rings is 1. The van der Waals surface area contributed by atoms with Gasteiger partial charge in [-0.3, -0.25) is 0 Å². The summed E-state index contributed by atoms with van der Waals surface area (Å²) in [5, 5.41) is 20.3. The monoisotopic (exact) mass is 576 g/mol. The first kappa shape index (κ1) is 27.1. The zero-order valence-corrected chi connectivity index (χ0v) is 23.4. The summed E-state index contributed by atoms with van der Waals surface area (Å²) in [4.78, 5) is 14.0. The van der Waals surface area contributed by atoms with E-state index in [0.29, 0.717) is 39.5 Å². The van der Waals surface area contributed by atoms with E-state index < -0.39 is 10.0 Å². The summed E-state index contributed by atoms with van der Waals surface area (Å²) in [5.41, 5.74) is 2.06. The zero-order chi connectivity index (χ0) is 27.0. The fraction of sp³-hybridized carbons (Fsp3) is 0.520. The maximum atomic E-state index is 11.2. The molecule has 5 rings (SSSR count). The molecular formula is C25H30Cl2N8O2S. The predicted octanol–water partition coefficient (Wildman–Crippen LogP) is 3.44. The average Bonchev–Trinajstić information content (AvgIpc) is 3.20. The first-order valence-corrected chi connectivity index (χ1v) is 15.2. The molecule has 0 saturated carbocycles. The quantitative estimate of drug-likeness (QED) is 0.431. The summed E-state index contributed by atoms with van der Waals surface area (Å²) in [6, 6.07) is 7.17.